The highest BCUT2D eigenvalue weighted by Gasteiger charge is 2.13. The van der Waals surface area contributed by atoms with Gasteiger partial charge in [0.25, 0.3) is 0 Å². The number of carbonyl (C=O) groups excluding carboxylic acids is 1. The van der Waals surface area contributed by atoms with Crippen molar-refractivity contribution < 1.29 is 9.53 Å². The van der Waals surface area contributed by atoms with Crippen LogP contribution in [0.5, 0.6) is 0 Å². The molecule has 0 radical (unpaired) electrons. The number of benzene rings is 3. The third-order valence-corrected chi connectivity index (χ3v) is 6.63. The number of rotatable bonds is 7. The summed E-state index contributed by atoms with van der Waals surface area (Å²) in [4.78, 5) is 23.0. The zero-order valence-electron chi connectivity index (χ0n) is 20.6. The molecule has 0 atom stereocenters. The number of aliphatic imine (C=N–C) groups is 1. The summed E-state index contributed by atoms with van der Waals surface area (Å²) in [6.45, 7) is 1.17. The third kappa shape index (κ3) is 5.88. The molecule has 0 spiro atoms. The summed E-state index contributed by atoms with van der Waals surface area (Å²) in [6, 6.07) is 21.0. The van der Waals surface area contributed by atoms with Crippen molar-refractivity contribution in [1.29, 1.82) is 0 Å². The maximum absolute atomic E-state index is 11.8. The van der Waals surface area contributed by atoms with Crippen molar-refractivity contribution in [3.8, 4) is 11.3 Å². The van der Waals surface area contributed by atoms with Crippen molar-refractivity contribution in [2.45, 2.75) is 6.54 Å². The van der Waals surface area contributed by atoms with Crippen LogP contribution in [0.4, 0.5) is 5.69 Å². The van der Waals surface area contributed by atoms with Gasteiger partial charge in [0.05, 0.1) is 23.4 Å². The van der Waals surface area contributed by atoms with Crippen LogP contribution in [0.1, 0.15) is 27.3 Å². The first-order valence-corrected chi connectivity index (χ1v) is 12.7. The molecule has 190 valence electrons. The van der Waals surface area contributed by atoms with Crippen molar-refractivity contribution >= 4 is 53.2 Å². The number of hydrogen-bond donors (Lipinski definition) is 0. The summed E-state index contributed by atoms with van der Waals surface area (Å²) in [5, 5.41) is 1.10. The first-order valence-electron chi connectivity index (χ1n) is 11.9. The molecule has 0 fully saturated rings. The van der Waals surface area contributed by atoms with Crippen molar-refractivity contribution in [3.05, 3.63) is 118 Å². The Hall–Kier alpha value is -4.13. The fraction of sp³-hybridized carbons (Fsp3) is 0.100. The first kappa shape index (κ1) is 25.5. The van der Waals surface area contributed by atoms with Crippen LogP contribution in [0.25, 0.3) is 23.4 Å². The molecule has 0 aliphatic carbocycles. The Balaban J connectivity index is 1.43. The highest BCUT2D eigenvalue weighted by molar-refractivity contribution is 6.36. The van der Waals surface area contributed by atoms with Gasteiger partial charge in [-0.15, -0.1) is 0 Å². The maximum atomic E-state index is 11.8. The molecule has 4 aromatic rings. The van der Waals surface area contributed by atoms with Crippen molar-refractivity contribution in [1.82, 2.24) is 9.55 Å². The van der Waals surface area contributed by atoms with E-state index in [1.807, 2.05) is 48.8 Å². The van der Waals surface area contributed by atoms with E-state index in [0.717, 1.165) is 33.9 Å². The number of carbonyl (C=O) groups is 1. The monoisotopic (exact) mass is 542 g/mol. The topological polar surface area (TPSA) is 59.7 Å². The van der Waals surface area contributed by atoms with Gasteiger partial charge in [-0.3, -0.25) is 4.99 Å². The van der Waals surface area contributed by atoms with Crippen LogP contribution in [0, 0.1) is 0 Å². The number of ether oxygens (including phenoxy) is 1. The van der Waals surface area contributed by atoms with Gasteiger partial charge in [-0.1, -0.05) is 53.5 Å². The molecule has 1 aliphatic heterocycles. The molecule has 2 heterocycles. The van der Waals surface area contributed by atoms with E-state index in [1.54, 1.807) is 30.5 Å². The Morgan fingerprint density at radius 2 is 1.82 bits per heavy atom. The summed E-state index contributed by atoms with van der Waals surface area (Å²) >= 11 is 12.6. The van der Waals surface area contributed by atoms with Crippen LogP contribution in [-0.2, 0) is 11.3 Å². The molecular formula is C30H24Cl2N4O2. The lowest BCUT2D eigenvalue weighted by molar-refractivity contribution is 0.0600. The van der Waals surface area contributed by atoms with E-state index in [9.17, 15) is 4.79 Å². The standard InChI is InChI=1S/C30H24Cl2N4O2/c1-38-30(37)23-8-3-22(4-9-23)18-36-19-28(26-13-10-24(31)17-27(26)32)34-29(36)14-7-21-5-11-25(12-6-21)35-16-2-15-33-20-35/h2-17,19H,18,20H2,1H3/b14-7+. The van der Waals surface area contributed by atoms with Gasteiger partial charge >= 0.3 is 5.97 Å². The van der Waals surface area contributed by atoms with E-state index in [2.05, 4.69) is 38.7 Å². The zero-order valence-corrected chi connectivity index (χ0v) is 22.1. The summed E-state index contributed by atoms with van der Waals surface area (Å²) in [5.74, 6) is 0.401. The molecule has 0 unspecified atom stereocenters. The third-order valence-electron chi connectivity index (χ3n) is 6.08. The second-order valence-electron chi connectivity index (χ2n) is 8.63. The van der Waals surface area contributed by atoms with Crippen molar-refractivity contribution in [2.75, 3.05) is 18.7 Å². The molecule has 38 heavy (non-hydrogen) atoms. The molecule has 1 aliphatic rings. The van der Waals surface area contributed by atoms with Gasteiger partial charge in [-0.05, 0) is 65.7 Å². The minimum absolute atomic E-state index is 0.363. The van der Waals surface area contributed by atoms with E-state index < -0.39 is 0 Å². The number of hydrogen-bond acceptors (Lipinski definition) is 5. The Kier molecular flexibility index (Phi) is 7.73. The molecule has 0 amide bonds. The summed E-state index contributed by atoms with van der Waals surface area (Å²) in [7, 11) is 1.37. The Morgan fingerprint density at radius 3 is 2.50 bits per heavy atom. The van der Waals surface area contributed by atoms with Gasteiger partial charge in [0, 0.05) is 41.4 Å². The highest BCUT2D eigenvalue weighted by Crippen LogP contribution is 2.30. The molecule has 3 aromatic carbocycles. The van der Waals surface area contributed by atoms with Crippen LogP contribution in [-0.4, -0.2) is 35.5 Å². The van der Waals surface area contributed by atoms with Gasteiger partial charge in [0.1, 0.15) is 12.5 Å². The normalized spacial score (nSPS) is 12.9. The number of methoxy groups -OCH3 is 1. The van der Waals surface area contributed by atoms with Gasteiger partial charge in [-0.25, -0.2) is 9.78 Å². The highest BCUT2D eigenvalue weighted by atomic mass is 35.5. The van der Waals surface area contributed by atoms with Crippen LogP contribution >= 0.6 is 23.2 Å². The lowest BCUT2D eigenvalue weighted by Gasteiger charge is -2.19. The summed E-state index contributed by atoms with van der Waals surface area (Å²) in [6.07, 6.45) is 11.7. The Bertz CT molecular complexity index is 1540. The molecule has 6 nitrogen and oxygen atoms in total. The van der Waals surface area contributed by atoms with Crippen LogP contribution in [0.15, 0.2) is 90.2 Å². The molecular weight excluding hydrogens is 519 g/mol. The van der Waals surface area contributed by atoms with Crippen LogP contribution in [0.2, 0.25) is 10.0 Å². The van der Waals surface area contributed by atoms with Gasteiger partial charge in [0.15, 0.2) is 0 Å². The average Bonchev–Trinajstić information content (AvgIpc) is 3.34. The fourth-order valence-corrected chi connectivity index (χ4v) is 4.58. The molecule has 0 saturated carbocycles. The number of aromatic nitrogens is 2. The molecule has 8 heteroatoms. The van der Waals surface area contributed by atoms with Crippen LogP contribution in [0.3, 0.4) is 0 Å². The molecule has 5 rings (SSSR count). The number of nitrogens with zero attached hydrogens (tertiary/aromatic N) is 4. The Labute approximate surface area is 231 Å². The predicted molar refractivity (Wildman–Crippen MR) is 155 cm³/mol. The minimum atomic E-state index is -0.363. The summed E-state index contributed by atoms with van der Waals surface area (Å²) in [5.41, 5.74) is 5.18. The van der Waals surface area contributed by atoms with E-state index in [4.69, 9.17) is 32.9 Å². The van der Waals surface area contributed by atoms with Crippen LogP contribution < -0.4 is 4.90 Å². The largest absolute Gasteiger partial charge is 0.465 e. The summed E-state index contributed by atoms with van der Waals surface area (Å²) < 4.78 is 6.85. The van der Waals surface area contributed by atoms with Gasteiger partial charge in [0.2, 0.25) is 0 Å². The first-order chi connectivity index (χ1) is 18.5. The second kappa shape index (κ2) is 11.5. The number of esters is 1. The maximum Gasteiger partial charge on any atom is 0.337 e. The van der Waals surface area contributed by atoms with Gasteiger partial charge < -0.3 is 14.2 Å². The number of halogens is 2. The predicted octanol–water partition coefficient (Wildman–Crippen LogP) is 7.22. The molecule has 0 bridgehead atoms. The van der Waals surface area contributed by atoms with E-state index in [1.165, 1.54) is 7.11 Å². The average molecular weight is 543 g/mol. The number of allylic oxidation sites excluding steroid dienone is 1. The van der Waals surface area contributed by atoms with Crippen molar-refractivity contribution in [2.24, 2.45) is 4.99 Å². The quantitative estimate of drug-likeness (QED) is 0.231. The second-order valence-corrected chi connectivity index (χ2v) is 9.48. The lowest BCUT2D eigenvalue weighted by atomic mass is 10.1. The number of imidazole rings is 1. The van der Waals surface area contributed by atoms with Gasteiger partial charge in [-0.2, -0.15) is 0 Å². The number of anilines is 1. The van der Waals surface area contributed by atoms with E-state index in [-0.39, 0.29) is 5.97 Å². The smallest absolute Gasteiger partial charge is 0.337 e. The zero-order chi connectivity index (χ0) is 26.5. The molecule has 0 saturated heterocycles. The minimum Gasteiger partial charge on any atom is -0.465 e. The molecule has 1 aromatic heterocycles. The Morgan fingerprint density at radius 1 is 1.03 bits per heavy atom. The van der Waals surface area contributed by atoms with E-state index in [0.29, 0.717) is 28.8 Å². The molecule has 0 N–H and O–H groups in total. The fourth-order valence-electron chi connectivity index (χ4n) is 4.08. The lowest BCUT2D eigenvalue weighted by Crippen LogP contribution is -2.18. The SMILES string of the molecule is COC(=O)c1ccc(Cn2cc(-c3ccc(Cl)cc3Cl)nc2/C=C/c2ccc(N3C=CC=NC3)cc2)cc1. The van der Waals surface area contributed by atoms with E-state index >= 15 is 0 Å². The van der Waals surface area contributed by atoms with Crippen molar-refractivity contribution in [3.63, 3.8) is 0 Å².